The van der Waals surface area contributed by atoms with Gasteiger partial charge in [-0.1, -0.05) is 0 Å². The van der Waals surface area contributed by atoms with Gasteiger partial charge in [0.25, 0.3) is 0 Å². The minimum Gasteiger partial charge on any atom is -0.253 e. The van der Waals surface area contributed by atoms with Gasteiger partial charge >= 0.3 is 0 Å². The molecule has 17 heavy (non-hydrogen) atoms. The Bertz CT molecular complexity index is 572. The second kappa shape index (κ2) is 3.94. The van der Waals surface area contributed by atoms with E-state index in [-0.39, 0.29) is 5.54 Å². The summed E-state index contributed by atoms with van der Waals surface area (Å²) in [5.74, 6) is 0.428. The van der Waals surface area contributed by atoms with Crippen molar-refractivity contribution in [2.45, 2.75) is 26.3 Å². The highest BCUT2D eigenvalue weighted by Gasteiger charge is 2.18. The van der Waals surface area contributed by atoms with E-state index in [4.69, 9.17) is 5.26 Å². The van der Waals surface area contributed by atoms with Crippen LogP contribution < -0.4 is 0 Å². The average molecular weight is 228 g/mol. The van der Waals surface area contributed by atoms with Crippen molar-refractivity contribution in [1.29, 1.82) is 5.26 Å². The second-order valence-corrected chi connectivity index (χ2v) is 4.61. The predicted molar refractivity (Wildman–Crippen MR) is 60.8 cm³/mol. The quantitative estimate of drug-likeness (QED) is 0.736. The Morgan fingerprint density at radius 3 is 2.71 bits per heavy atom. The standard InChI is InChI=1S/C11H12N6/c1-11(2,3)17-15-10(14-16-17)9-6-8(7-12)4-5-13-9/h4-6H,1-3H3. The van der Waals surface area contributed by atoms with Crippen molar-refractivity contribution in [1.82, 2.24) is 25.2 Å². The van der Waals surface area contributed by atoms with Crippen molar-refractivity contribution in [3.8, 4) is 17.6 Å². The molecular formula is C11H12N6. The van der Waals surface area contributed by atoms with Gasteiger partial charge in [0.05, 0.1) is 17.2 Å². The first-order valence-electron chi connectivity index (χ1n) is 5.18. The largest absolute Gasteiger partial charge is 0.253 e. The second-order valence-electron chi connectivity index (χ2n) is 4.61. The summed E-state index contributed by atoms with van der Waals surface area (Å²) in [7, 11) is 0. The van der Waals surface area contributed by atoms with Gasteiger partial charge in [-0.05, 0) is 38.1 Å². The summed E-state index contributed by atoms with van der Waals surface area (Å²) in [6.45, 7) is 5.95. The molecule has 86 valence electrons. The van der Waals surface area contributed by atoms with Crippen LogP contribution in [-0.4, -0.2) is 25.2 Å². The molecule has 2 aromatic rings. The highest BCUT2D eigenvalue weighted by atomic mass is 15.6. The van der Waals surface area contributed by atoms with Crippen LogP contribution in [0.5, 0.6) is 0 Å². The third-order valence-corrected chi connectivity index (χ3v) is 2.13. The zero-order valence-corrected chi connectivity index (χ0v) is 9.92. The van der Waals surface area contributed by atoms with Crippen LogP contribution >= 0.6 is 0 Å². The van der Waals surface area contributed by atoms with Gasteiger partial charge in [-0.15, -0.1) is 10.2 Å². The fourth-order valence-corrected chi connectivity index (χ4v) is 1.22. The summed E-state index contributed by atoms with van der Waals surface area (Å²) in [5, 5.41) is 21.0. The van der Waals surface area contributed by atoms with Crippen LogP contribution in [0, 0.1) is 11.3 Å². The van der Waals surface area contributed by atoms with Crippen molar-refractivity contribution in [3.05, 3.63) is 23.9 Å². The summed E-state index contributed by atoms with van der Waals surface area (Å²) in [5.41, 5.74) is 0.861. The molecule has 2 aromatic heterocycles. The SMILES string of the molecule is CC(C)(C)n1nnc(-c2cc(C#N)ccn2)n1. The molecule has 0 aromatic carbocycles. The van der Waals surface area contributed by atoms with E-state index >= 15 is 0 Å². The minimum absolute atomic E-state index is 0.224. The maximum atomic E-state index is 8.80. The van der Waals surface area contributed by atoms with Gasteiger partial charge in [0.1, 0.15) is 5.69 Å². The Morgan fingerprint density at radius 2 is 2.12 bits per heavy atom. The number of hydrogen-bond acceptors (Lipinski definition) is 5. The monoisotopic (exact) mass is 228 g/mol. The van der Waals surface area contributed by atoms with E-state index in [0.29, 0.717) is 17.1 Å². The number of hydrogen-bond donors (Lipinski definition) is 0. The van der Waals surface area contributed by atoms with Gasteiger partial charge in [0.2, 0.25) is 5.82 Å². The minimum atomic E-state index is -0.224. The van der Waals surface area contributed by atoms with Crippen molar-refractivity contribution in [2.75, 3.05) is 0 Å². The van der Waals surface area contributed by atoms with Crippen LogP contribution in [0.2, 0.25) is 0 Å². The van der Waals surface area contributed by atoms with Crippen molar-refractivity contribution >= 4 is 0 Å². The van der Waals surface area contributed by atoms with E-state index in [2.05, 4.69) is 26.5 Å². The van der Waals surface area contributed by atoms with Crippen LogP contribution in [-0.2, 0) is 5.54 Å². The third kappa shape index (κ3) is 2.28. The first kappa shape index (κ1) is 11.2. The molecule has 2 heterocycles. The van der Waals surface area contributed by atoms with Crippen LogP contribution in [0.15, 0.2) is 18.3 Å². The molecule has 0 aliphatic rings. The number of nitrogens with zero attached hydrogens (tertiary/aromatic N) is 6. The van der Waals surface area contributed by atoms with Gasteiger partial charge in [0, 0.05) is 6.20 Å². The fraction of sp³-hybridized carbons (Fsp3) is 0.364. The molecule has 0 fully saturated rings. The number of pyridine rings is 1. The Balaban J connectivity index is 2.41. The molecule has 0 unspecified atom stereocenters. The average Bonchev–Trinajstić information content (AvgIpc) is 2.78. The van der Waals surface area contributed by atoms with Gasteiger partial charge in [-0.25, -0.2) is 0 Å². The van der Waals surface area contributed by atoms with E-state index in [9.17, 15) is 0 Å². The molecule has 0 atom stereocenters. The molecule has 0 N–H and O–H groups in total. The van der Waals surface area contributed by atoms with Gasteiger partial charge < -0.3 is 0 Å². The lowest BCUT2D eigenvalue weighted by atomic mass is 10.1. The fourth-order valence-electron chi connectivity index (χ4n) is 1.22. The van der Waals surface area contributed by atoms with Crippen LogP contribution in [0.25, 0.3) is 11.5 Å². The smallest absolute Gasteiger partial charge is 0.223 e. The molecular weight excluding hydrogens is 216 g/mol. The van der Waals surface area contributed by atoms with Gasteiger partial charge in [-0.3, -0.25) is 4.98 Å². The molecule has 0 aliphatic heterocycles. The lowest BCUT2D eigenvalue weighted by Gasteiger charge is -2.15. The Kier molecular flexibility index (Phi) is 2.60. The molecule has 0 spiro atoms. The van der Waals surface area contributed by atoms with Crippen molar-refractivity contribution < 1.29 is 0 Å². The molecule has 0 saturated carbocycles. The molecule has 6 heteroatoms. The highest BCUT2D eigenvalue weighted by Crippen LogP contribution is 2.15. The van der Waals surface area contributed by atoms with E-state index in [1.165, 1.54) is 4.80 Å². The molecule has 0 saturated heterocycles. The van der Waals surface area contributed by atoms with E-state index in [1.54, 1.807) is 18.3 Å². The van der Waals surface area contributed by atoms with E-state index in [1.807, 2.05) is 20.8 Å². The molecule has 0 amide bonds. The summed E-state index contributed by atoms with van der Waals surface area (Å²) >= 11 is 0. The van der Waals surface area contributed by atoms with Crippen molar-refractivity contribution in [2.24, 2.45) is 0 Å². The maximum absolute atomic E-state index is 8.80. The molecule has 2 rings (SSSR count). The summed E-state index contributed by atoms with van der Waals surface area (Å²) in [6.07, 6.45) is 1.56. The molecule has 0 bridgehead atoms. The van der Waals surface area contributed by atoms with Crippen LogP contribution in [0.3, 0.4) is 0 Å². The molecule has 0 aliphatic carbocycles. The van der Waals surface area contributed by atoms with Crippen molar-refractivity contribution in [3.63, 3.8) is 0 Å². The van der Waals surface area contributed by atoms with Crippen LogP contribution in [0.1, 0.15) is 26.3 Å². The predicted octanol–water partition coefficient (Wildman–Crippen LogP) is 1.36. The van der Waals surface area contributed by atoms with E-state index < -0.39 is 0 Å². The topological polar surface area (TPSA) is 80.3 Å². The highest BCUT2D eigenvalue weighted by molar-refractivity contribution is 5.50. The lowest BCUT2D eigenvalue weighted by Crippen LogP contribution is -2.24. The Hall–Kier alpha value is -2.29. The number of rotatable bonds is 1. The Labute approximate surface area is 98.9 Å². The number of tetrazole rings is 1. The van der Waals surface area contributed by atoms with Crippen LogP contribution in [0.4, 0.5) is 0 Å². The number of nitriles is 1. The summed E-state index contributed by atoms with van der Waals surface area (Å²) in [4.78, 5) is 5.65. The first-order chi connectivity index (χ1) is 8.00. The zero-order chi connectivity index (χ0) is 12.5. The van der Waals surface area contributed by atoms with E-state index in [0.717, 1.165) is 0 Å². The summed E-state index contributed by atoms with van der Waals surface area (Å²) in [6, 6.07) is 5.33. The molecule has 6 nitrogen and oxygen atoms in total. The molecule has 0 radical (unpaired) electrons. The first-order valence-corrected chi connectivity index (χ1v) is 5.18. The zero-order valence-electron chi connectivity index (χ0n) is 9.92. The maximum Gasteiger partial charge on any atom is 0.223 e. The van der Waals surface area contributed by atoms with Gasteiger partial charge in [0.15, 0.2) is 0 Å². The lowest BCUT2D eigenvalue weighted by molar-refractivity contribution is 0.306. The third-order valence-electron chi connectivity index (χ3n) is 2.13. The van der Waals surface area contributed by atoms with Gasteiger partial charge in [-0.2, -0.15) is 10.1 Å². The Morgan fingerprint density at radius 1 is 1.35 bits per heavy atom. The summed E-state index contributed by atoms with van der Waals surface area (Å²) < 4.78 is 0. The number of aromatic nitrogens is 5. The normalized spacial score (nSPS) is 11.2.